The third kappa shape index (κ3) is 4.03. The Labute approximate surface area is 162 Å². The van der Waals surface area contributed by atoms with Crippen LogP contribution in [0.5, 0.6) is 5.75 Å². The van der Waals surface area contributed by atoms with E-state index >= 15 is 0 Å². The van der Waals surface area contributed by atoms with Gasteiger partial charge in [-0.25, -0.2) is 0 Å². The number of hydrogen-bond donors (Lipinski definition) is 1. The zero-order valence-electron chi connectivity index (χ0n) is 14.9. The van der Waals surface area contributed by atoms with Crippen molar-refractivity contribution in [2.45, 2.75) is 17.0 Å². The molecule has 27 heavy (non-hydrogen) atoms. The largest absolute Gasteiger partial charge is 0.496 e. The molecule has 1 heterocycles. The minimum atomic E-state index is -0.565. The average Bonchev–Trinajstić information content (AvgIpc) is 3.09. The van der Waals surface area contributed by atoms with E-state index in [1.54, 1.807) is 13.2 Å². The van der Waals surface area contributed by atoms with Gasteiger partial charge in [0.05, 0.1) is 12.7 Å². The molecule has 0 saturated heterocycles. The maximum Gasteiger partial charge on any atom is 0.235 e. The first-order chi connectivity index (χ1) is 13.2. The van der Waals surface area contributed by atoms with Gasteiger partial charge < -0.3 is 10.5 Å². The number of carbonyl (C=O) groups is 1. The fourth-order valence-corrected chi connectivity index (χ4v) is 3.72. The van der Waals surface area contributed by atoms with Crippen LogP contribution in [-0.4, -0.2) is 27.8 Å². The van der Waals surface area contributed by atoms with Crippen LogP contribution in [0.25, 0.3) is 11.4 Å². The van der Waals surface area contributed by atoms with Crippen molar-refractivity contribution in [1.82, 2.24) is 14.8 Å². The lowest BCUT2D eigenvalue weighted by Crippen LogP contribution is -2.19. The smallest absolute Gasteiger partial charge is 0.235 e. The molecule has 0 aliphatic heterocycles. The second kappa shape index (κ2) is 8.55. The van der Waals surface area contributed by atoms with Gasteiger partial charge in [-0.05, 0) is 17.7 Å². The predicted molar refractivity (Wildman–Crippen MR) is 106 cm³/mol. The molecule has 1 aromatic heterocycles. The molecular weight excluding hydrogens is 360 g/mol. The topological polar surface area (TPSA) is 83.0 Å². The van der Waals surface area contributed by atoms with E-state index in [0.717, 1.165) is 11.1 Å². The van der Waals surface area contributed by atoms with E-state index in [4.69, 9.17) is 10.5 Å². The van der Waals surface area contributed by atoms with Crippen LogP contribution in [-0.2, 0) is 11.3 Å². The number of hydrogen-bond acceptors (Lipinski definition) is 5. The van der Waals surface area contributed by atoms with Crippen LogP contribution in [0.3, 0.4) is 0 Å². The quantitative estimate of drug-likeness (QED) is 0.478. The third-order valence-electron chi connectivity index (χ3n) is 3.96. The van der Waals surface area contributed by atoms with Crippen LogP contribution < -0.4 is 10.5 Å². The first kappa shape index (κ1) is 18.7. The molecule has 1 atom stereocenters. The first-order valence-corrected chi connectivity index (χ1v) is 9.22. The Morgan fingerprint density at radius 2 is 1.93 bits per heavy atom. The van der Waals surface area contributed by atoms with E-state index in [-0.39, 0.29) is 0 Å². The van der Waals surface area contributed by atoms with E-state index < -0.39 is 11.2 Å². The van der Waals surface area contributed by atoms with Crippen molar-refractivity contribution >= 4 is 17.7 Å². The summed E-state index contributed by atoms with van der Waals surface area (Å²) < 4.78 is 7.34. The summed E-state index contributed by atoms with van der Waals surface area (Å²) in [5.74, 6) is 0.908. The van der Waals surface area contributed by atoms with Gasteiger partial charge in [0.25, 0.3) is 0 Å². The zero-order valence-corrected chi connectivity index (χ0v) is 15.7. The van der Waals surface area contributed by atoms with Crippen LogP contribution in [0, 0.1) is 0 Å². The maximum atomic E-state index is 12.1. The van der Waals surface area contributed by atoms with Crippen LogP contribution in [0.15, 0.2) is 72.4 Å². The van der Waals surface area contributed by atoms with Crippen LogP contribution in [0.2, 0.25) is 0 Å². The second-order valence-corrected chi connectivity index (χ2v) is 6.79. The van der Waals surface area contributed by atoms with Crippen LogP contribution in [0.1, 0.15) is 10.8 Å². The van der Waals surface area contributed by atoms with Gasteiger partial charge in [-0.3, -0.25) is 9.36 Å². The van der Waals surface area contributed by atoms with Gasteiger partial charge in [0.15, 0.2) is 11.0 Å². The van der Waals surface area contributed by atoms with E-state index in [9.17, 15) is 4.79 Å². The number of primary amides is 1. The Bertz CT molecular complexity index is 940. The Morgan fingerprint density at radius 3 is 2.59 bits per heavy atom. The summed E-state index contributed by atoms with van der Waals surface area (Å²) >= 11 is 1.27. The Hall–Kier alpha value is -3.06. The number of rotatable bonds is 8. The Balaban J connectivity index is 2.02. The van der Waals surface area contributed by atoms with Gasteiger partial charge in [0.2, 0.25) is 5.91 Å². The van der Waals surface area contributed by atoms with Crippen molar-refractivity contribution in [3.63, 3.8) is 0 Å². The van der Waals surface area contributed by atoms with Crippen molar-refractivity contribution in [3.05, 3.63) is 72.8 Å². The number of ether oxygens (including phenoxy) is 1. The number of methoxy groups -OCH3 is 1. The molecule has 6 nitrogen and oxygen atoms in total. The van der Waals surface area contributed by atoms with Gasteiger partial charge >= 0.3 is 0 Å². The minimum absolute atomic E-state index is 0.432. The van der Waals surface area contributed by atoms with E-state index in [1.807, 2.05) is 59.2 Å². The molecule has 0 radical (unpaired) electrons. The van der Waals surface area contributed by atoms with E-state index in [0.29, 0.717) is 23.3 Å². The van der Waals surface area contributed by atoms with Gasteiger partial charge in [0.1, 0.15) is 11.0 Å². The highest BCUT2D eigenvalue weighted by Crippen LogP contribution is 2.37. The molecule has 0 aliphatic carbocycles. The lowest BCUT2D eigenvalue weighted by molar-refractivity contribution is -0.117. The molecule has 0 aliphatic rings. The van der Waals surface area contributed by atoms with Gasteiger partial charge in [-0.2, -0.15) is 0 Å². The van der Waals surface area contributed by atoms with Crippen molar-refractivity contribution < 1.29 is 9.53 Å². The highest BCUT2D eigenvalue weighted by Gasteiger charge is 2.24. The van der Waals surface area contributed by atoms with Crippen LogP contribution in [0.4, 0.5) is 0 Å². The molecule has 0 fully saturated rings. The molecule has 2 N–H and O–H groups in total. The minimum Gasteiger partial charge on any atom is -0.496 e. The molecule has 0 bridgehead atoms. The number of benzene rings is 2. The number of nitrogens with zero attached hydrogens (tertiary/aromatic N) is 3. The Kier molecular flexibility index (Phi) is 5.93. The number of thioether (sulfide) groups is 1. The average molecular weight is 380 g/mol. The molecule has 7 heteroatoms. The fraction of sp³-hybridized carbons (Fsp3) is 0.150. The highest BCUT2D eigenvalue weighted by molar-refractivity contribution is 8.00. The maximum absolute atomic E-state index is 12.1. The lowest BCUT2D eigenvalue weighted by atomic mass is 10.1. The second-order valence-electron chi connectivity index (χ2n) is 5.72. The monoisotopic (exact) mass is 380 g/mol. The SMILES string of the molecule is C=CCn1c(SC(C(N)=O)c2ccccc2)nnc1-c1ccccc1OC. The molecule has 3 rings (SSSR count). The molecule has 1 amide bonds. The van der Waals surface area contributed by atoms with Gasteiger partial charge in [0, 0.05) is 6.54 Å². The van der Waals surface area contributed by atoms with Crippen molar-refractivity contribution in [1.29, 1.82) is 0 Å². The number of carbonyl (C=O) groups excluding carboxylic acids is 1. The normalized spacial score (nSPS) is 11.7. The number of allylic oxidation sites excluding steroid dienone is 1. The highest BCUT2D eigenvalue weighted by atomic mass is 32.2. The molecule has 2 aromatic carbocycles. The Morgan fingerprint density at radius 1 is 1.22 bits per heavy atom. The van der Waals surface area contributed by atoms with Crippen molar-refractivity contribution in [2.75, 3.05) is 7.11 Å². The van der Waals surface area contributed by atoms with Gasteiger partial charge in [-0.1, -0.05) is 60.3 Å². The molecule has 0 saturated carbocycles. The molecule has 0 spiro atoms. The number of amides is 1. The summed E-state index contributed by atoms with van der Waals surface area (Å²) in [4.78, 5) is 12.1. The van der Waals surface area contributed by atoms with Gasteiger partial charge in [-0.15, -0.1) is 16.8 Å². The third-order valence-corrected chi connectivity index (χ3v) is 5.21. The molecule has 138 valence electrons. The van der Waals surface area contributed by atoms with E-state index in [2.05, 4.69) is 16.8 Å². The predicted octanol–water partition coefficient (Wildman–Crippen LogP) is 3.46. The summed E-state index contributed by atoms with van der Waals surface area (Å²) in [7, 11) is 1.61. The standard InChI is InChI=1S/C20H20N4O2S/c1-3-13-24-19(15-11-7-8-12-16(15)26-2)22-23-20(24)27-17(18(21)25)14-9-5-4-6-10-14/h3-12,17H,1,13H2,2H3,(H2,21,25). The summed E-state index contributed by atoms with van der Waals surface area (Å²) in [6.07, 6.45) is 1.76. The molecule has 1 unspecified atom stereocenters. The molecule has 3 aromatic rings. The van der Waals surface area contributed by atoms with Crippen molar-refractivity contribution in [3.8, 4) is 17.1 Å². The summed E-state index contributed by atoms with van der Waals surface area (Å²) in [6.45, 7) is 4.31. The fourth-order valence-electron chi connectivity index (χ4n) is 2.72. The number of nitrogens with two attached hydrogens (primary N) is 1. The van der Waals surface area contributed by atoms with Crippen molar-refractivity contribution in [2.24, 2.45) is 5.73 Å². The first-order valence-electron chi connectivity index (χ1n) is 8.34. The van der Waals surface area contributed by atoms with E-state index in [1.165, 1.54) is 11.8 Å². The summed E-state index contributed by atoms with van der Waals surface area (Å²) in [5, 5.41) is 8.65. The zero-order chi connectivity index (χ0) is 19.2. The lowest BCUT2D eigenvalue weighted by Gasteiger charge is -2.14. The number of para-hydroxylation sites is 1. The molecular formula is C20H20N4O2S. The van der Waals surface area contributed by atoms with Crippen LogP contribution >= 0.6 is 11.8 Å². The number of aromatic nitrogens is 3. The summed E-state index contributed by atoms with van der Waals surface area (Å²) in [5.41, 5.74) is 7.28. The summed E-state index contributed by atoms with van der Waals surface area (Å²) in [6, 6.07) is 17.0.